The minimum Gasteiger partial charge on any atom is -0.477 e. The average molecular weight is 394 g/mol. The molecule has 0 saturated heterocycles. The summed E-state index contributed by atoms with van der Waals surface area (Å²) in [5.74, 6) is 0.254. The maximum absolute atomic E-state index is 12.1. The number of carbonyl (C=O) groups excluding carboxylic acids is 1. The molecule has 0 fully saturated rings. The van der Waals surface area contributed by atoms with Gasteiger partial charge in [0.2, 0.25) is 5.82 Å². The molecular weight excluding hydrogens is 381 g/mol. The van der Waals surface area contributed by atoms with Crippen LogP contribution in [0.2, 0.25) is 10.0 Å². The highest BCUT2D eigenvalue weighted by molar-refractivity contribution is 6.35. The van der Waals surface area contributed by atoms with E-state index in [9.17, 15) is 4.79 Å². The lowest BCUT2D eigenvalue weighted by Gasteiger charge is -2.14. The monoisotopic (exact) mass is 393 g/mol. The number of halogens is 2. The van der Waals surface area contributed by atoms with Gasteiger partial charge in [-0.1, -0.05) is 28.4 Å². The predicted octanol–water partition coefficient (Wildman–Crippen LogP) is 3.95. The minimum absolute atomic E-state index is 0.161. The van der Waals surface area contributed by atoms with Crippen molar-refractivity contribution >= 4 is 29.2 Å². The highest BCUT2D eigenvalue weighted by atomic mass is 35.5. The van der Waals surface area contributed by atoms with Gasteiger partial charge < -0.3 is 14.0 Å². The number of hydrogen-bond acceptors (Lipinski definition) is 7. The molecule has 2 aromatic heterocycles. The fraction of sp³-hybridized carbons (Fsp3) is 0.176. The smallest absolute Gasteiger partial charge is 0.347 e. The zero-order valence-corrected chi connectivity index (χ0v) is 15.1. The van der Waals surface area contributed by atoms with Crippen LogP contribution in [-0.4, -0.2) is 27.2 Å². The predicted molar refractivity (Wildman–Crippen MR) is 93.9 cm³/mol. The maximum Gasteiger partial charge on any atom is 0.347 e. The van der Waals surface area contributed by atoms with E-state index in [-0.39, 0.29) is 12.5 Å². The Balaban J connectivity index is 1.56. The first kappa shape index (κ1) is 18.2. The van der Waals surface area contributed by atoms with E-state index in [0.717, 1.165) is 0 Å². The normalized spacial score (nSPS) is 11.8. The molecule has 0 radical (unpaired) electrons. The SMILES string of the molecule is CC(Oc1ccc(Cl)cc1Cl)C(=O)OCc1nc(-c2cccnc2)no1. The highest BCUT2D eigenvalue weighted by Crippen LogP contribution is 2.28. The summed E-state index contributed by atoms with van der Waals surface area (Å²) in [5.41, 5.74) is 0.697. The molecule has 0 aliphatic carbocycles. The van der Waals surface area contributed by atoms with Crippen molar-refractivity contribution in [1.29, 1.82) is 0 Å². The molecule has 0 aliphatic rings. The van der Waals surface area contributed by atoms with Gasteiger partial charge in [-0.3, -0.25) is 4.98 Å². The van der Waals surface area contributed by atoms with E-state index < -0.39 is 12.1 Å². The van der Waals surface area contributed by atoms with Gasteiger partial charge in [-0.2, -0.15) is 4.98 Å². The van der Waals surface area contributed by atoms with Gasteiger partial charge in [0.05, 0.1) is 5.02 Å². The summed E-state index contributed by atoms with van der Waals surface area (Å²) in [6.45, 7) is 1.37. The summed E-state index contributed by atoms with van der Waals surface area (Å²) in [7, 11) is 0. The number of ether oxygens (including phenoxy) is 2. The first-order valence-corrected chi connectivity index (χ1v) is 8.30. The topological polar surface area (TPSA) is 87.3 Å². The number of hydrogen-bond donors (Lipinski definition) is 0. The lowest BCUT2D eigenvalue weighted by molar-refractivity contribution is -0.153. The van der Waals surface area contributed by atoms with Crippen LogP contribution in [-0.2, 0) is 16.1 Å². The van der Waals surface area contributed by atoms with E-state index in [2.05, 4.69) is 15.1 Å². The molecular formula is C17H13Cl2N3O4. The molecule has 9 heteroatoms. The number of nitrogens with zero attached hydrogens (tertiary/aromatic N) is 3. The van der Waals surface area contributed by atoms with Gasteiger partial charge in [-0.25, -0.2) is 4.79 Å². The Labute approximate surface area is 158 Å². The Kier molecular flexibility index (Phi) is 5.70. The van der Waals surface area contributed by atoms with Crippen LogP contribution < -0.4 is 4.74 Å². The molecule has 1 atom stereocenters. The van der Waals surface area contributed by atoms with Crippen molar-refractivity contribution in [3.63, 3.8) is 0 Å². The van der Waals surface area contributed by atoms with Gasteiger partial charge in [0.15, 0.2) is 12.7 Å². The molecule has 1 aromatic carbocycles. The quantitative estimate of drug-likeness (QED) is 0.585. The van der Waals surface area contributed by atoms with Gasteiger partial charge in [0, 0.05) is 23.0 Å². The molecule has 3 aromatic rings. The fourth-order valence-electron chi connectivity index (χ4n) is 1.99. The Bertz CT molecular complexity index is 902. The number of rotatable bonds is 6. The van der Waals surface area contributed by atoms with Crippen LogP contribution in [0.25, 0.3) is 11.4 Å². The third-order valence-electron chi connectivity index (χ3n) is 3.26. The van der Waals surface area contributed by atoms with Crippen molar-refractivity contribution in [2.24, 2.45) is 0 Å². The van der Waals surface area contributed by atoms with Crippen molar-refractivity contribution in [3.8, 4) is 17.1 Å². The molecule has 0 bridgehead atoms. The van der Waals surface area contributed by atoms with Crippen molar-refractivity contribution in [1.82, 2.24) is 15.1 Å². The zero-order valence-electron chi connectivity index (χ0n) is 13.6. The van der Waals surface area contributed by atoms with Gasteiger partial charge in [-0.15, -0.1) is 0 Å². The first-order valence-electron chi connectivity index (χ1n) is 7.54. The van der Waals surface area contributed by atoms with Gasteiger partial charge >= 0.3 is 5.97 Å². The third kappa shape index (κ3) is 4.50. The summed E-state index contributed by atoms with van der Waals surface area (Å²) in [6, 6.07) is 8.26. The molecule has 1 unspecified atom stereocenters. The average Bonchev–Trinajstić information content (AvgIpc) is 3.11. The highest BCUT2D eigenvalue weighted by Gasteiger charge is 2.19. The van der Waals surface area contributed by atoms with Crippen molar-refractivity contribution < 1.29 is 18.8 Å². The summed E-state index contributed by atoms with van der Waals surface area (Å²) in [5, 5.41) is 4.59. The van der Waals surface area contributed by atoms with Crippen LogP contribution in [0.5, 0.6) is 5.75 Å². The Hall–Kier alpha value is -2.64. The minimum atomic E-state index is -0.880. The number of carbonyl (C=O) groups is 1. The molecule has 134 valence electrons. The maximum atomic E-state index is 12.1. The third-order valence-corrected chi connectivity index (χ3v) is 3.79. The molecule has 0 spiro atoms. The standard InChI is InChI=1S/C17H13Cl2N3O4/c1-10(25-14-5-4-12(18)7-13(14)19)17(23)24-9-15-21-16(22-26-15)11-3-2-6-20-8-11/h2-8,10H,9H2,1H3. The van der Waals surface area contributed by atoms with Gasteiger partial charge in [0.25, 0.3) is 5.89 Å². The number of benzene rings is 1. The Morgan fingerprint density at radius 2 is 2.15 bits per heavy atom. The summed E-state index contributed by atoms with van der Waals surface area (Å²) in [4.78, 5) is 20.2. The largest absolute Gasteiger partial charge is 0.477 e. The second kappa shape index (κ2) is 8.16. The van der Waals surface area contributed by atoms with Crippen LogP contribution in [0.4, 0.5) is 0 Å². The van der Waals surface area contributed by atoms with E-state index in [4.69, 9.17) is 37.2 Å². The molecule has 26 heavy (non-hydrogen) atoms. The van der Waals surface area contributed by atoms with Gasteiger partial charge in [-0.05, 0) is 37.3 Å². The Morgan fingerprint density at radius 1 is 1.31 bits per heavy atom. The van der Waals surface area contributed by atoms with Crippen LogP contribution in [0.1, 0.15) is 12.8 Å². The number of pyridine rings is 1. The van der Waals surface area contributed by atoms with Crippen molar-refractivity contribution in [2.75, 3.05) is 0 Å². The van der Waals surface area contributed by atoms with E-state index >= 15 is 0 Å². The number of esters is 1. The van der Waals surface area contributed by atoms with Crippen LogP contribution in [0.15, 0.2) is 47.2 Å². The van der Waals surface area contributed by atoms with Crippen molar-refractivity contribution in [3.05, 3.63) is 58.7 Å². The molecule has 0 amide bonds. The van der Waals surface area contributed by atoms with Crippen LogP contribution in [0, 0.1) is 0 Å². The lowest BCUT2D eigenvalue weighted by atomic mass is 10.3. The molecule has 2 heterocycles. The summed E-state index contributed by atoms with van der Waals surface area (Å²) < 4.78 is 15.7. The van der Waals surface area contributed by atoms with E-state index in [0.29, 0.717) is 27.2 Å². The molecule has 0 saturated carbocycles. The van der Waals surface area contributed by atoms with E-state index in [1.807, 2.05) is 0 Å². The van der Waals surface area contributed by atoms with Crippen LogP contribution >= 0.6 is 23.2 Å². The summed E-state index contributed by atoms with van der Waals surface area (Å²) >= 11 is 11.8. The lowest BCUT2D eigenvalue weighted by Crippen LogP contribution is -2.26. The zero-order chi connectivity index (χ0) is 18.5. The first-order chi connectivity index (χ1) is 12.5. The van der Waals surface area contributed by atoms with Crippen molar-refractivity contribution in [2.45, 2.75) is 19.6 Å². The molecule has 3 rings (SSSR count). The fourth-order valence-corrected chi connectivity index (χ4v) is 2.44. The second-order valence-corrected chi connectivity index (χ2v) is 6.04. The molecule has 0 aliphatic heterocycles. The van der Waals surface area contributed by atoms with Gasteiger partial charge in [0.1, 0.15) is 5.75 Å². The number of aromatic nitrogens is 3. The van der Waals surface area contributed by atoms with E-state index in [1.54, 1.807) is 43.6 Å². The summed E-state index contributed by atoms with van der Waals surface area (Å²) in [6.07, 6.45) is 2.36. The molecule has 0 N–H and O–H groups in total. The molecule has 7 nitrogen and oxygen atoms in total. The van der Waals surface area contributed by atoms with Crippen LogP contribution in [0.3, 0.4) is 0 Å². The van der Waals surface area contributed by atoms with E-state index in [1.165, 1.54) is 6.07 Å². The second-order valence-electron chi connectivity index (χ2n) is 5.20. The Morgan fingerprint density at radius 3 is 2.88 bits per heavy atom.